The first-order valence-corrected chi connectivity index (χ1v) is 8.40. The van der Waals surface area contributed by atoms with Crippen molar-refractivity contribution in [2.75, 3.05) is 19.8 Å². The highest BCUT2D eigenvalue weighted by molar-refractivity contribution is 14.1. The van der Waals surface area contributed by atoms with Crippen LogP contribution < -0.4 is 4.74 Å². The van der Waals surface area contributed by atoms with Crippen molar-refractivity contribution >= 4 is 33.5 Å². The maximum atomic E-state index is 8.80. The molecule has 3 rings (SSSR count). The van der Waals surface area contributed by atoms with E-state index in [0.29, 0.717) is 13.0 Å². The lowest BCUT2D eigenvalue weighted by atomic mass is 10.2. The summed E-state index contributed by atoms with van der Waals surface area (Å²) in [5.41, 5.74) is 1.08. The van der Waals surface area contributed by atoms with Gasteiger partial charge in [-0.1, -0.05) is 0 Å². The van der Waals surface area contributed by atoms with E-state index >= 15 is 0 Å². The van der Waals surface area contributed by atoms with Crippen LogP contribution in [0.5, 0.6) is 5.75 Å². The van der Waals surface area contributed by atoms with Gasteiger partial charge in [0.1, 0.15) is 9.45 Å². The molecule has 1 aromatic heterocycles. The van der Waals surface area contributed by atoms with Crippen LogP contribution in [0.1, 0.15) is 31.9 Å². The molecule has 1 saturated heterocycles. The number of ether oxygens (including phenoxy) is 2. The summed E-state index contributed by atoms with van der Waals surface area (Å²) >= 11 is 2.25. The lowest BCUT2D eigenvalue weighted by molar-refractivity contribution is -0.0368. The molecule has 0 radical (unpaired) electrons. The third-order valence-corrected chi connectivity index (χ3v) is 4.43. The van der Waals surface area contributed by atoms with E-state index in [4.69, 9.17) is 14.6 Å². The first kappa shape index (κ1) is 15.1. The third-order valence-electron chi connectivity index (χ3n) is 3.63. The number of nitrogens with zero attached hydrogens (tertiary/aromatic N) is 2. The van der Waals surface area contributed by atoms with Gasteiger partial charge < -0.3 is 14.6 Å². The molecule has 2 heterocycles. The van der Waals surface area contributed by atoms with Crippen molar-refractivity contribution in [1.29, 1.82) is 0 Å². The molecule has 1 unspecified atom stereocenters. The molecule has 6 heteroatoms. The van der Waals surface area contributed by atoms with Gasteiger partial charge >= 0.3 is 0 Å². The van der Waals surface area contributed by atoms with Crippen LogP contribution >= 0.6 is 22.6 Å². The lowest BCUT2D eigenvalue weighted by Crippen LogP contribution is -2.19. The third kappa shape index (κ3) is 3.32. The van der Waals surface area contributed by atoms with Gasteiger partial charge in [-0.25, -0.2) is 4.68 Å². The molecule has 1 aliphatic heterocycles. The van der Waals surface area contributed by atoms with Gasteiger partial charge in [0.05, 0.1) is 12.1 Å². The SMILES string of the molecule is OCCCOc1ccc2c(c1)c(I)nn2C1CCCCO1. The molecule has 0 amide bonds. The van der Waals surface area contributed by atoms with Gasteiger partial charge in [-0.2, -0.15) is 5.10 Å². The molecule has 0 saturated carbocycles. The highest BCUT2D eigenvalue weighted by Gasteiger charge is 2.20. The number of aromatic nitrogens is 2. The Morgan fingerprint density at radius 1 is 1.43 bits per heavy atom. The highest BCUT2D eigenvalue weighted by Crippen LogP contribution is 2.30. The van der Waals surface area contributed by atoms with Gasteiger partial charge in [0.2, 0.25) is 0 Å². The van der Waals surface area contributed by atoms with Crippen LogP contribution in [-0.4, -0.2) is 34.7 Å². The molecule has 1 N–H and O–H groups in total. The summed E-state index contributed by atoms with van der Waals surface area (Å²) in [5.74, 6) is 0.818. The number of hydrogen-bond donors (Lipinski definition) is 1. The fraction of sp³-hybridized carbons (Fsp3) is 0.533. The first-order valence-electron chi connectivity index (χ1n) is 7.32. The summed E-state index contributed by atoms with van der Waals surface area (Å²) in [6.07, 6.45) is 4.03. The molecule has 21 heavy (non-hydrogen) atoms. The summed E-state index contributed by atoms with van der Waals surface area (Å²) in [4.78, 5) is 0. The van der Waals surface area contributed by atoms with Crippen LogP contribution in [0, 0.1) is 3.70 Å². The molecule has 5 nitrogen and oxygen atoms in total. The van der Waals surface area contributed by atoms with Gasteiger partial charge in [-0.15, -0.1) is 0 Å². The first-order chi connectivity index (χ1) is 10.3. The van der Waals surface area contributed by atoms with Crippen molar-refractivity contribution in [2.45, 2.75) is 31.9 Å². The fourth-order valence-electron chi connectivity index (χ4n) is 2.56. The molecule has 1 atom stereocenters. The van der Waals surface area contributed by atoms with E-state index in [2.05, 4.69) is 27.7 Å². The van der Waals surface area contributed by atoms with E-state index < -0.39 is 0 Å². The molecule has 1 fully saturated rings. The van der Waals surface area contributed by atoms with Gasteiger partial charge in [0.25, 0.3) is 0 Å². The second-order valence-corrected chi connectivity index (χ2v) is 6.18. The predicted octanol–water partition coefficient (Wildman–Crippen LogP) is 3.10. The van der Waals surface area contributed by atoms with Crippen molar-refractivity contribution < 1.29 is 14.6 Å². The smallest absolute Gasteiger partial charge is 0.150 e. The summed E-state index contributed by atoms with van der Waals surface area (Å²) in [7, 11) is 0. The van der Waals surface area contributed by atoms with E-state index in [1.54, 1.807) is 0 Å². The van der Waals surface area contributed by atoms with Crippen molar-refractivity contribution in [2.24, 2.45) is 0 Å². The van der Waals surface area contributed by atoms with Crippen LogP contribution in [0.4, 0.5) is 0 Å². The van der Waals surface area contributed by atoms with Crippen molar-refractivity contribution in [3.63, 3.8) is 0 Å². The van der Waals surface area contributed by atoms with Gasteiger partial charge in [0.15, 0.2) is 6.23 Å². The van der Waals surface area contributed by atoms with E-state index in [0.717, 1.165) is 39.8 Å². The zero-order chi connectivity index (χ0) is 14.7. The highest BCUT2D eigenvalue weighted by atomic mass is 127. The molecule has 114 valence electrons. The van der Waals surface area contributed by atoms with Crippen LogP contribution in [0.2, 0.25) is 0 Å². The van der Waals surface area contributed by atoms with E-state index in [1.807, 2.05) is 22.9 Å². The Balaban J connectivity index is 1.86. The van der Waals surface area contributed by atoms with E-state index in [-0.39, 0.29) is 12.8 Å². The van der Waals surface area contributed by atoms with Crippen molar-refractivity contribution in [3.8, 4) is 5.75 Å². The van der Waals surface area contributed by atoms with Crippen LogP contribution in [0.15, 0.2) is 18.2 Å². The van der Waals surface area contributed by atoms with Gasteiger partial charge in [-0.3, -0.25) is 0 Å². The summed E-state index contributed by atoms with van der Waals surface area (Å²) in [6, 6.07) is 6.01. The number of hydrogen-bond acceptors (Lipinski definition) is 4. The number of rotatable bonds is 5. The molecular weight excluding hydrogens is 383 g/mol. The Kier molecular flexibility index (Phi) is 4.97. The quantitative estimate of drug-likeness (QED) is 0.617. The second kappa shape index (κ2) is 6.93. The minimum atomic E-state index is 0.0472. The number of aliphatic hydroxyl groups is 1. The summed E-state index contributed by atoms with van der Waals surface area (Å²) in [6.45, 7) is 1.49. The number of fused-ring (bicyclic) bond motifs is 1. The average Bonchev–Trinajstić information content (AvgIpc) is 2.85. The maximum Gasteiger partial charge on any atom is 0.150 e. The van der Waals surface area contributed by atoms with Gasteiger partial charge in [-0.05, 0) is 60.1 Å². The minimum absolute atomic E-state index is 0.0472. The Hall–Kier alpha value is -0.860. The number of aliphatic hydroxyl groups excluding tert-OH is 1. The van der Waals surface area contributed by atoms with Crippen molar-refractivity contribution in [1.82, 2.24) is 9.78 Å². The normalized spacial score (nSPS) is 19.0. The average molecular weight is 402 g/mol. The maximum absolute atomic E-state index is 8.80. The Morgan fingerprint density at radius 3 is 3.10 bits per heavy atom. The molecule has 0 aliphatic carbocycles. The standard InChI is InChI=1S/C15H19IN2O3/c16-15-12-10-11(20-9-3-7-19)5-6-13(12)18(17-15)14-4-1-2-8-21-14/h5-6,10,14,19H,1-4,7-9H2. The molecule has 1 aromatic carbocycles. The zero-order valence-corrected chi connectivity index (χ0v) is 14.0. The summed E-state index contributed by atoms with van der Waals surface area (Å²) < 4.78 is 14.4. The minimum Gasteiger partial charge on any atom is -0.493 e. The Bertz CT molecular complexity index is 608. The summed E-state index contributed by atoms with van der Waals surface area (Å²) in [5, 5.41) is 14.5. The Labute approximate surface area is 137 Å². The second-order valence-electron chi connectivity index (χ2n) is 5.16. The van der Waals surface area contributed by atoms with E-state index in [1.165, 1.54) is 6.42 Å². The molecule has 2 aromatic rings. The fourth-order valence-corrected chi connectivity index (χ4v) is 3.23. The lowest BCUT2D eigenvalue weighted by Gasteiger charge is -2.23. The molecular formula is C15H19IN2O3. The van der Waals surface area contributed by atoms with Crippen LogP contribution in [0.25, 0.3) is 10.9 Å². The largest absolute Gasteiger partial charge is 0.493 e. The van der Waals surface area contributed by atoms with Crippen LogP contribution in [0.3, 0.4) is 0 Å². The topological polar surface area (TPSA) is 56.5 Å². The number of benzene rings is 1. The van der Waals surface area contributed by atoms with E-state index in [9.17, 15) is 0 Å². The van der Waals surface area contributed by atoms with Gasteiger partial charge in [0, 0.05) is 25.0 Å². The predicted molar refractivity (Wildman–Crippen MR) is 88.5 cm³/mol. The monoisotopic (exact) mass is 402 g/mol. The van der Waals surface area contributed by atoms with Crippen LogP contribution in [-0.2, 0) is 4.74 Å². The number of halogens is 1. The molecule has 1 aliphatic rings. The van der Waals surface area contributed by atoms with Crippen molar-refractivity contribution in [3.05, 3.63) is 21.9 Å². The Morgan fingerprint density at radius 2 is 2.33 bits per heavy atom. The zero-order valence-electron chi connectivity index (χ0n) is 11.8. The molecule has 0 spiro atoms. The molecule has 0 bridgehead atoms.